The second kappa shape index (κ2) is 7.92. The van der Waals surface area contributed by atoms with Gasteiger partial charge >= 0.3 is 5.97 Å². The molecule has 0 bridgehead atoms. The maximum atomic E-state index is 11.9. The van der Waals surface area contributed by atoms with E-state index in [0.29, 0.717) is 5.69 Å². The second-order valence-corrected chi connectivity index (χ2v) is 6.45. The van der Waals surface area contributed by atoms with Crippen molar-refractivity contribution in [3.63, 3.8) is 0 Å². The van der Waals surface area contributed by atoms with Crippen LogP contribution in [-0.4, -0.2) is 20.7 Å². The summed E-state index contributed by atoms with van der Waals surface area (Å²) in [5.41, 5.74) is 1.96. The Hall–Kier alpha value is -3.00. The highest BCUT2D eigenvalue weighted by Crippen LogP contribution is 2.24. The lowest BCUT2D eigenvalue weighted by atomic mass is 10.1. The molecule has 0 spiro atoms. The molecule has 3 rings (SSSR count). The van der Waals surface area contributed by atoms with Gasteiger partial charge in [0, 0.05) is 23.1 Å². The van der Waals surface area contributed by atoms with Gasteiger partial charge in [-0.15, -0.1) is 11.3 Å². The third-order valence-corrected chi connectivity index (χ3v) is 4.66. The topological polar surface area (TPSA) is 94.0 Å². The maximum Gasteiger partial charge on any atom is 0.328 e. The van der Waals surface area contributed by atoms with Gasteiger partial charge in [-0.1, -0.05) is 31.2 Å². The monoisotopic (exact) mass is 371 g/mol. The Labute approximate surface area is 152 Å². The van der Waals surface area contributed by atoms with Crippen LogP contribution in [0.15, 0.2) is 51.4 Å². The minimum Gasteiger partial charge on any atom is -0.458 e. The minimum atomic E-state index is -0.629. The predicted molar refractivity (Wildman–Crippen MR) is 98.0 cm³/mol. The Morgan fingerprint density at radius 1 is 1.19 bits per heavy atom. The van der Waals surface area contributed by atoms with Gasteiger partial charge in [-0.25, -0.2) is 9.67 Å². The van der Waals surface area contributed by atoms with Crippen LogP contribution in [0.4, 0.5) is 0 Å². The largest absolute Gasteiger partial charge is 0.458 e. The first-order valence-electron chi connectivity index (χ1n) is 8.04. The van der Waals surface area contributed by atoms with E-state index in [2.05, 4.69) is 29.1 Å². The summed E-state index contributed by atoms with van der Waals surface area (Å²) in [5, 5.41) is 4.95. The van der Waals surface area contributed by atoms with E-state index in [0.717, 1.165) is 33.8 Å². The smallest absolute Gasteiger partial charge is 0.328 e. The number of aromatic amines is 1. The number of hydrogen-bond donors (Lipinski definition) is 1. The summed E-state index contributed by atoms with van der Waals surface area (Å²) < 4.78 is 6.05. The van der Waals surface area contributed by atoms with E-state index in [1.54, 1.807) is 0 Å². The van der Waals surface area contributed by atoms with Gasteiger partial charge in [0.2, 0.25) is 0 Å². The minimum absolute atomic E-state index is 0.00813. The summed E-state index contributed by atoms with van der Waals surface area (Å²) in [7, 11) is 0. The molecule has 2 heterocycles. The molecule has 0 saturated carbocycles. The van der Waals surface area contributed by atoms with Crippen LogP contribution in [0, 0.1) is 0 Å². The molecule has 0 atom stereocenters. The Bertz CT molecular complexity index is 1020. The highest BCUT2D eigenvalue weighted by atomic mass is 32.1. The summed E-state index contributed by atoms with van der Waals surface area (Å²) in [6.45, 7) is 1.75. The highest BCUT2D eigenvalue weighted by molar-refractivity contribution is 7.13. The molecule has 0 saturated heterocycles. The quantitative estimate of drug-likeness (QED) is 0.669. The Morgan fingerprint density at radius 3 is 2.69 bits per heavy atom. The average Bonchev–Trinajstić information content (AvgIpc) is 3.12. The summed E-state index contributed by atoms with van der Waals surface area (Å²) in [6, 6.07) is 10.4. The standard InChI is InChI=1S/C18H17N3O4S/c1-2-12-3-5-13(6-4-12)18-19-14(11-26-18)10-25-17(24)9-21-16(23)8-7-15(22)20-21/h3-8,11H,2,9-10H2,1H3,(H,20,22). The van der Waals surface area contributed by atoms with E-state index in [1.807, 2.05) is 17.5 Å². The molecule has 0 unspecified atom stereocenters. The zero-order chi connectivity index (χ0) is 18.5. The molecule has 2 aromatic heterocycles. The van der Waals surface area contributed by atoms with Crippen LogP contribution in [0.1, 0.15) is 18.2 Å². The van der Waals surface area contributed by atoms with Crippen molar-refractivity contribution in [2.24, 2.45) is 0 Å². The van der Waals surface area contributed by atoms with Crippen LogP contribution < -0.4 is 11.1 Å². The summed E-state index contributed by atoms with van der Waals surface area (Å²) in [6.07, 6.45) is 0.981. The molecule has 0 aliphatic carbocycles. The molecule has 0 aliphatic rings. The summed E-state index contributed by atoms with van der Waals surface area (Å²) in [5.74, 6) is -0.629. The molecule has 0 fully saturated rings. The highest BCUT2D eigenvalue weighted by Gasteiger charge is 2.10. The van der Waals surface area contributed by atoms with Crippen LogP contribution >= 0.6 is 11.3 Å². The van der Waals surface area contributed by atoms with Gasteiger partial charge in [0.05, 0.1) is 5.69 Å². The molecular formula is C18H17N3O4S. The van der Waals surface area contributed by atoms with Gasteiger partial charge < -0.3 is 4.74 Å². The predicted octanol–water partition coefficient (Wildman–Crippen LogP) is 1.97. The van der Waals surface area contributed by atoms with Crippen molar-refractivity contribution in [2.45, 2.75) is 26.5 Å². The zero-order valence-corrected chi connectivity index (χ0v) is 14.9. The number of esters is 1. The molecule has 26 heavy (non-hydrogen) atoms. The van der Waals surface area contributed by atoms with Gasteiger partial charge in [-0.05, 0) is 12.0 Å². The van der Waals surface area contributed by atoms with Crippen molar-refractivity contribution in [3.05, 3.63) is 73.7 Å². The first-order valence-corrected chi connectivity index (χ1v) is 8.92. The first kappa shape index (κ1) is 17.8. The van der Waals surface area contributed by atoms with Crippen LogP contribution in [0.5, 0.6) is 0 Å². The average molecular weight is 371 g/mol. The summed E-state index contributed by atoms with van der Waals surface area (Å²) >= 11 is 1.47. The summed E-state index contributed by atoms with van der Waals surface area (Å²) in [4.78, 5) is 39.1. The number of carbonyl (C=O) groups excluding carboxylic acids is 1. The fraction of sp³-hybridized carbons (Fsp3) is 0.222. The lowest BCUT2D eigenvalue weighted by Gasteiger charge is -2.05. The Morgan fingerprint density at radius 2 is 1.96 bits per heavy atom. The van der Waals surface area contributed by atoms with Crippen molar-refractivity contribution >= 4 is 17.3 Å². The number of thiazole rings is 1. The fourth-order valence-corrected chi connectivity index (χ4v) is 3.11. The number of carbonyl (C=O) groups is 1. The number of aromatic nitrogens is 3. The van der Waals surface area contributed by atoms with E-state index >= 15 is 0 Å². The van der Waals surface area contributed by atoms with Crippen molar-refractivity contribution in [2.75, 3.05) is 0 Å². The van der Waals surface area contributed by atoms with E-state index in [9.17, 15) is 14.4 Å². The Balaban J connectivity index is 1.60. The third-order valence-electron chi connectivity index (χ3n) is 3.72. The molecular weight excluding hydrogens is 354 g/mol. The van der Waals surface area contributed by atoms with Crippen molar-refractivity contribution < 1.29 is 9.53 Å². The van der Waals surface area contributed by atoms with E-state index in [4.69, 9.17) is 4.74 Å². The zero-order valence-electron chi connectivity index (χ0n) is 14.1. The number of aryl methyl sites for hydroxylation is 1. The van der Waals surface area contributed by atoms with Gasteiger partial charge in [0.25, 0.3) is 11.1 Å². The van der Waals surface area contributed by atoms with Crippen LogP contribution in [0.2, 0.25) is 0 Å². The number of nitrogens with one attached hydrogen (secondary N) is 1. The molecule has 7 nitrogen and oxygen atoms in total. The number of benzene rings is 1. The van der Waals surface area contributed by atoms with E-state index in [-0.39, 0.29) is 13.2 Å². The van der Waals surface area contributed by atoms with Crippen molar-refractivity contribution in [1.82, 2.24) is 14.8 Å². The van der Waals surface area contributed by atoms with E-state index in [1.165, 1.54) is 16.9 Å². The first-order chi connectivity index (χ1) is 12.5. The molecule has 0 radical (unpaired) electrons. The second-order valence-electron chi connectivity index (χ2n) is 5.59. The molecule has 1 N–H and O–H groups in total. The SMILES string of the molecule is CCc1ccc(-c2nc(COC(=O)Cn3[nH]c(=O)ccc3=O)cs2)cc1. The number of hydrogen-bond acceptors (Lipinski definition) is 6. The fourth-order valence-electron chi connectivity index (χ4n) is 2.30. The normalized spacial score (nSPS) is 10.7. The molecule has 0 aliphatic heterocycles. The molecule has 8 heteroatoms. The maximum absolute atomic E-state index is 11.9. The molecule has 134 valence electrons. The van der Waals surface area contributed by atoms with Crippen LogP contribution in [0.25, 0.3) is 10.6 Å². The van der Waals surface area contributed by atoms with Crippen LogP contribution in [0.3, 0.4) is 0 Å². The molecule has 1 aromatic carbocycles. The van der Waals surface area contributed by atoms with Crippen LogP contribution in [-0.2, 0) is 29.1 Å². The van der Waals surface area contributed by atoms with Crippen molar-refractivity contribution in [3.8, 4) is 10.6 Å². The Kier molecular flexibility index (Phi) is 5.43. The number of rotatable bonds is 6. The lowest BCUT2D eigenvalue weighted by Crippen LogP contribution is -2.31. The van der Waals surface area contributed by atoms with E-state index < -0.39 is 17.1 Å². The van der Waals surface area contributed by atoms with Gasteiger partial charge in [0.1, 0.15) is 18.2 Å². The number of ether oxygens (including phenoxy) is 1. The van der Waals surface area contributed by atoms with Gasteiger partial charge in [-0.2, -0.15) is 0 Å². The molecule has 0 amide bonds. The number of H-pyrrole nitrogens is 1. The van der Waals surface area contributed by atoms with Gasteiger partial charge in [0.15, 0.2) is 0 Å². The van der Waals surface area contributed by atoms with Gasteiger partial charge in [-0.3, -0.25) is 19.5 Å². The molecule has 3 aromatic rings. The van der Waals surface area contributed by atoms with Crippen molar-refractivity contribution in [1.29, 1.82) is 0 Å². The third kappa shape index (κ3) is 4.34. The number of nitrogens with zero attached hydrogens (tertiary/aromatic N) is 2. The lowest BCUT2D eigenvalue weighted by molar-refractivity contribution is -0.146.